The van der Waals surface area contributed by atoms with Crippen LogP contribution in [-0.4, -0.2) is 65.5 Å². The summed E-state index contributed by atoms with van der Waals surface area (Å²) in [6.45, 7) is 6.53. The average molecular weight is 619 g/mol. The summed E-state index contributed by atoms with van der Waals surface area (Å²) in [4.78, 5) is 38.0. The average Bonchev–Trinajstić information content (AvgIpc) is 3.88. The van der Waals surface area contributed by atoms with Gasteiger partial charge in [0.05, 0.1) is 37.4 Å². The van der Waals surface area contributed by atoms with Crippen molar-refractivity contribution in [2.24, 2.45) is 11.8 Å². The predicted molar refractivity (Wildman–Crippen MR) is 171 cm³/mol. The molecular formula is C35H43FN4O5. The number of hydrogen-bond donors (Lipinski definition) is 1. The van der Waals surface area contributed by atoms with Crippen molar-refractivity contribution in [3.05, 3.63) is 72.1 Å². The number of ether oxygens (including phenoxy) is 2. The first-order valence-electron chi connectivity index (χ1n) is 15.7. The van der Waals surface area contributed by atoms with Crippen LogP contribution in [0.5, 0.6) is 11.6 Å². The van der Waals surface area contributed by atoms with Gasteiger partial charge in [0.15, 0.2) is 0 Å². The molecule has 1 aliphatic carbocycles. The minimum atomic E-state index is -1.67. The number of aliphatic carboxylic acids is 1. The van der Waals surface area contributed by atoms with E-state index in [1.165, 1.54) is 18.7 Å². The Morgan fingerprint density at radius 2 is 1.82 bits per heavy atom. The standard InChI is InChI=1S/C35H43FN4O5/c1-23(35(2,3)36)40(31-7-5-6-15-37-31)34(43)28-11-10-27(44-4)20-30(28)39-17-13-24(14-18-39)22-45-32-19-26(12-16-38-32)29(21-33(41)42)25-8-9-25/h5-7,10-12,15-16,19-20,23-25,29H,8-9,13-14,17-18,21-22H2,1-4H3,(H,41,42). The van der Waals surface area contributed by atoms with Gasteiger partial charge in [-0.25, -0.2) is 14.4 Å². The number of nitrogens with zero attached hydrogens (tertiary/aromatic N) is 4. The molecule has 0 radical (unpaired) electrons. The van der Waals surface area contributed by atoms with Gasteiger partial charge in [-0.2, -0.15) is 0 Å². The molecular weight excluding hydrogens is 575 g/mol. The van der Waals surface area contributed by atoms with Crippen molar-refractivity contribution < 1.29 is 28.6 Å². The summed E-state index contributed by atoms with van der Waals surface area (Å²) in [6.07, 6.45) is 7.21. The number of carbonyl (C=O) groups is 2. The number of benzene rings is 1. The van der Waals surface area contributed by atoms with E-state index in [4.69, 9.17) is 9.47 Å². The van der Waals surface area contributed by atoms with Crippen LogP contribution in [0.25, 0.3) is 0 Å². The summed E-state index contributed by atoms with van der Waals surface area (Å²) in [7, 11) is 1.59. The van der Waals surface area contributed by atoms with Gasteiger partial charge in [0.2, 0.25) is 5.88 Å². The number of amides is 1. The summed E-state index contributed by atoms with van der Waals surface area (Å²) in [6, 6.07) is 13.7. The number of piperidine rings is 1. The van der Waals surface area contributed by atoms with E-state index in [9.17, 15) is 14.7 Å². The molecule has 2 aromatic heterocycles. The second-order valence-electron chi connectivity index (χ2n) is 12.7. The van der Waals surface area contributed by atoms with Gasteiger partial charge in [-0.15, -0.1) is 0 Å². The van der Waals surface area contributed by atoms with Crippen LogP contribution in [0.2, 0.25) is 0 Å². The highest BCUT2D eigenvalue weighted by Crippen LogP contribution is 2.45. The number of carboxylic acids is 1. The van der Waals surface area contributed by atoms with Gasteiger partial charge in [0.25, 0.3) is 5.91 Å². The zero-order valence-electron chi connectivity index (χ0n) is 26.5. The van der Waals surface area contributed by atoms with E-state index in [0.29, 0.717) is 48.6 Å². The van der Waals surface area contributed by atoms with Crippen LogP contribution >= 0.6 is 0 Å². The highest BCUT2D eigenvalue weighted by atomic mass is 19.1. The van der Waals surface area contributed by atoms with E-state index < -0.39 is 17.7 Å². The van der Waals surface area contributed by atoms with Crippen LogP contribution in [-0.2, 0) is 4.79 Å². The Bertz CT molecular complexity index is 1470. The van der Waals surface area contributed by atoms with E-state index in [1.54, 1.807) is 56.8 Å². The number of rotatable bonds is 13. The molecule has 1 saturated carbocycles. The van der Waals surface area contributed by atoms with Crippen molar-refractivity contribution >= 4 is 23.4 Å². The van der Waals surface area contributed by atoms with Crippen LogP contribution < -0.4 is 19.3 Å². The lowest BCUT2D eigenvalue weighted by Crippen LogP contribution is -2.49. The molecule has 1 amide bonds. The van der Waals surface area contributed by atoms with Gasteiger partial charge in [-0.3, -0.25) is 14.5 Å². The first-order valence-corrected chi connectivity index (χ1v) is 15.7. The maximum Gasteiger partial charge on any atom is 0.303 e. The molecule has 0 spiro atoms. The number of alkyl halides is 1. The zero-order chi connectivity index (χ0) is 32.1. The van der Waals surface area contributed by atoms with Crippen LogP contribution in [0.3, 0.4) is 0 Å². The highest BCUT2D eigenvalue weighted by molar-refractivity contribution is 6.10. The van der Waals surface area contributed by atoms with Crippen molar-refractivity contribution in [2.75, 3.05) is 36.6 Å². The van der Waals surface area contributed by atoms with Crippen molar-refractivity contribution in [1.29, 1.82) is 0 Å². The Balaban J connectivity index is 1.28. The molecule has 0 bridgehead atoms. The van der Waals surface area contributed by atoms with Gasteiger partial charge < -0.3 is 19.5 Å². The zero-order valence-corrected chi connectivity index (χ0v) is 26.5. The lowest BCUT2D eigenvalue weighted by molar-refractivity contribution is -0.137. The van der Waals surface area contributed by atoms with Gasteiger partial charge in [0.1, 0.15) is 17.2 Å². The topological polar surface area (TPSA) is 105 Å². The second kappa shape index (κ2) is 13.8. The number of carboxylic acid groups (broad SMARTS) is 1. The Kier molecular flexibility index (Phi) is 9.90. The van der Waals surface area contributed by atoms with E-state index in [0.717, 1.165) is 36.9 Å². The largest absolute Gasteiger partial charge is 0.497 e. The molecule has 1 aromatic carbocycles. The van der Waals surface area contributed by atoms with Crippen molar-refractivity contribution in [3.8, 4) is 11.6 Å². The second-order valence-corrected chi connectivity index (χ2v) is 12.7. The number of pyridine rings is 2. The van der Waals surface area contributed by atoms with Crippen LogP contribution in [0.1, 0.15) is 74.7 Å². The third-order valence-electron chi connectivity index (χ3n) is 9.13. The molecule has 1 saturated heterocycles. The maximum absolute atomic E-state index is 15.3. The van der Waals surface area contributed by atoms with Crippen LogP contribution in [0.15, 0.2) is 60.9 Å². The van der Waals surface area contributed by atoms with E-state index in [-0.39, 0.29) is 24.2 Å². The van der Waals surface area contributed by atoms with Crippen LogP contribution in [0.4, 0.5) is 15.9 Å². The Morgan fingerprint density at radius 3 is 2.44 bits per heavy atom. The summed E-state index contributed by atoms with van der Waals surface area (Å²) in [5, 5.41) is 9.38. The highest BCUT2D eigenvalue weighted by Gasteiger charge is 2.37. The fourth-order valence-electron chi connectivity index (χ4n) is 6.01. The fraction of sp³-hybridized carbons (Fsp3) is 0.486. The number of halogens is 1. The van der Waals surface area contributed by atoms with Crippen molar-refractivity contribution in [3.63, 3.8) is 0 Å². The number of methoxy groups -OCH3 is 1. The molecule has 3 aromatic rings. The molecule has 1 N–H and O–H groups in total. The minimum Gasteiger partial charge on any atom is -0.497 e. The third-order valence-corrected chi connectivity index (χ3v) is 9.13. The smallest absolute Gasteiger partial charge is 0.303 e. The summed E-state index contributed by atoms with van der Waals surface area (Å²) in [5.41, 5.74) is 0.504. The van der Waals surface area contributed by atoms with Crippen molar-refractivity contribution in [2.45, 2.75) is 70.5 Å². The number of anilines is 2. The number of hydrogen-bond acceptors (Lipinski definition) is 7. The molecule has 5 rings (SSSR count). The van der Waals surface area contributed by atoms with Crippen molar-refractivity contribution in [1.82, 2.24) is 9.97 Å². The molecule has 9 nitrogen and oxygen atoms in total. The molecule has 2 atom stereocenters. The lowest BCUT2D eigenvalue weighted by atomic mass is 9.92. The Morgan fingerprint density at radius 1 is 1.07 bits per heavy atom. The molecule has 3 heterocycles. The minimum absolute atomic E-state index is 0.0107. The molecule has 2 aliphatic rings. The molecule has 240 valence electrons. The fourth-order valence-corrected chi connectivity index (χ4v) is 6.01. The van der Waals surface area contributed by atoms with E-state index in [1.807, 2.05) is 18.2 Å². The maximum atomic E-state index is 15.3. The first-order chi connectivity index (χ1) is 21.5. The van der Waals surface area contributed by atoms with Gasteiger partial charge in [0, 0.05) is 37.6 Å². The molecule has 2 unspecified atom stereocenters. The van der Waals surface area contributed by atoms with Crippen LogP contribution in [0, 0.1) is 11.8 Å². The first kappa shape index (κ1) is 32.2. The van der Waals surface area contributed by atoms with E-state index in [2.05, 4.69) is 14.9 Å². The van der Waals surface area contributed by atoms with E-state index >= 15 is 4.39 Å². The number of carbonyl (C=O) groups excluding carboxylic acids is 1. The lowest BCUT2D eigenvalue weighted by Gasteiger charge is -2.37. The Hall–Kier alpha value is -4.21. The van der Waals surface area contributed by atoms with Gasteiger partial charge in [-0.1, -0.05) is 6.07 Å². The normalized spacial score (nSPS) is 17.0. The third kappa shape index (κ3) is 7.90. The summed E-state index contributed by atoms with van der Waals surface area (Å²) >= 11 is 0. The summed E-state index contributed by atoms with van der Waals surface area (Å²) in [5.74, 6) is 1.12. The molecule has 10 heteroatoms. The van der Waals surface area contributed by atoms with Gasteiger partial charge >= 0.3 is 5.97 Å². The number of aromatic nitrogens is 2. The molecule has 2 fully saturated rings. The molecule has 45 heavy (non-hydrogen) atoms. The summed E-state index contributed by atoms with van der Waals surface area (Å²) < 4.78 is 26.9. The Labute approximate surface area is 264 Å². The van der Waals surface area contributed by atoms with Gasteiger partial charge in [-0.05, 0) is 100 Å². The SMILES string of the molecule is COc1ccc(C(=O)N(c2ccccn2)C(C)C(C)(C)F)c(N2CCC(COc3cc(C(CC(=O)O)C4CC4)ccn3)CC2)c1. The predicted octanol–water partition coefficient (Wildman–Crippen LogP) is 6.53. The molecule has 1 aliphatic heterocycles. The monoisotopic (exact) mass is 618 g/mol. The quantitative estimate of drug-likeness (QED) is 0.231.